The number of hydrogen-bond acceptors (Lipinski definition) is 1. The summed E-state index contributed by atoms with van der Waals surface area (Å²) < 4.78 is 0. The molecule has 0 heterocycles. The molecule has 0 fully saturated rings. The Kier molecular flexibility index (Phi) is 3.94. The summed E-state index contributed by atoms with van der Waals surface area (Å²) in [6, 6.07) is 19.6. The summed E-state index contributed by atoms with van der Waals surface area (Å²) in [5.74, 6) is 0. The van der Waals surface area contributed by atoms with Crippen molar-refractivity contribution in [2.45, 2.75) is 19.9 Å². The molecule has 0 aromatic heterocycles. The summed E-state index contributed by atoms with van der Waals surface area (Å²) in [7, 11) is 0. The Labute approximate surface area is 103 Å². The molecule has 1 unspecified atom stereocenters. The zero-order chi connectivity index (χ0) is 12.1. The normalized spacial score (nSPS) is 12.4. The average molecular weight is 225 g/mol. The minimum absolute atomic E-state index is 0.293. The zero-order valence-electron chi connectivity index (χ0n) is 10.5. The van der Waals surface area contributed by atoms with E-state index in [9.17, 15) is 0 Å². The molecule has 0 radical (unpaired) electrons. The summed E-state index contributed by atoms with van der Waals surface area (Å²) in [4.78, 5) is 0. The third-order valence-corrected chi connectivity index (χ3v) is 2.92. The van der Waals surface area contributed by atoms with Crippen LogP contribution in [-0.2, 0) is 0 Å². The fourth-order valence-electron chi connectivity index (χ4n) is 2.13. The molecule has 1 atom stereocenters. The van der Waals surface area contributed by atoms with E-state index in [0.717, 1.165) is 6.54 Å². The molecular weight excluding hydrogens is 206 g/mol. The van der Waals surface area contributed by atoms with Crippen LogP contribution in [0.2, 0.25) is 0 Å². The van der Waals surface area contributed by atoms with Crippen LogP contribution in [0.4, 0.5) is 0 Å². The van der Waals surface area contributed by atoms with Gasteiger partial charge in [-0.25, -0.2) is 0 Å². The molecule has 0 aliphatic rings. The van der Waals surface area contributed by atoms with Crippen LogP contribution in [0, 0.1) is 6.92 Å². The highest BCUT2D eigenvalue weighted by molar-refractivity contribution is 5.33. The molecule has 1 N–H and O–H groups in total. The molecular formula is C16H19N. The Morgan fingerprint density at radius 1 is 0.941 bits per heavy atom. The van der Waals surface area contributed by atoms with E-state index in [1.807, 2.05) is 0 Å². The Morgan fingerprint density at radius 2 is 1.65 bits per heavy atom. The maximum absolute atomic E-state index is 3.54. The van der Waals surface area contributed by atoms with Crippen molar-refractivity contribution in [1.29, 1.82) is 0 Å². The lowest BCUT2D eigenvalue weighted by Gasteiger charge is -2.19. The van der Waals surface area contributed by atoms with E-state index >= 15 is 0 Å². The summed E-state index contributed by atoms with van der Waals surface area (Å²) >= 11 is 0. The van der Waals surface area contributed by atoms with E-state index in [0.29, 0.717) is 6.04 Å². The van der Waals surface area contributed by atoms with E-state index in [1.54, 1.807) is 0 Å². The Hall–Kier alpha value is -1.60. The molecule has 0 bridgehead atoms. The SMILES string of the molecule is CCNC(c1ccccc1)c1cccc(C)c1. The maximum atomic E-state index is 3.54. The average Bonchev–Trinajstić information content (AvgIpc) is 2.37. The van der Waals surface area contributed by atoms with Crippen LogP contribution in [-0.4, -0.2) is 6.54 Å². The van der Waals surface area contributed by atoms with Crippen molar-refractivity contribution in [3.05, 3.63) is 71.3 Å². The summed E-state index contributed by atoms with van der Waals surface area (Å²) in [6.45, 7) is 5.25. The molecule has 2 rings (SSSR count). The van der Waals surface area contributed by atoms with Gasteiger partial charge in [0, 0.05) is 0 Å². The lowest BCUT2D eigenvalue weighted by atomic mass is 9.97. The number of benzene rings is 2. The second-order valence-electron chi connectivity index (χ2n) is 4.32. The molecule has 0 aliphatic heterocycles. The molecule has 2 aromatic rings. The molecule has 1 nitrogen and oxygen atoms in total. The van der Waals surface area contributed by atoms with Gasteiger partial charge in [0.25, 0.3) is 0 Å². The van der Waals surface area contributed by atoms with Gasteiger partial charge in [-0.15, -0.1) is 0 Å². The summed E-state index contributed by atoms with van der Waals surface area (Å²) in [6.07, 6.45) is 0. The van der Waals surface area contributed by atoms with Crippen molar-refractivity contribution in [3.8, 4) is 0 Å². The van der Waals surface area contributed by atoms with Gasteiger partial charge < -0.3 is 5.32 Å². The minimum atomic E-state index is 0.293. The van der Waals surface area contributed by atoms with E-state index < -0.39 is 0 Å². The van der Waals surface area contributed by atoms with Crippen LogP contribution in [0.15, 0.2) is 54.6 Å². The van der Waals surface area contributed by atoms with E-state index in [4.69, 9.17) is 0 Å². The molecule has 88 valence electrons. The Balaban J connectivity index is 2.35. The van der Waals surface area contributed by atoms with Crippen molar-refractivity contribution in [3.63, 3.8) is 0 Å². The van der Waals surface area contributed by atoms with Crippen LogP contribution in [0.3, 0.4) is 0 Å². The van der Waals surface area contributed by atoms with E-state index in [2.05, 4.69) is 73.8 Å². The van der Waals surface area contributed by atoms with E-state index in [1.165, 1.54) is 16.7 Å². The van der Waals surface area contributed by atoms with Gasteiger partial charge in [0.05, 0.1) is 6.04 Å². The first-order valence-electron chi connectivity index (χ1n) is 6.16. The first-order valence-corrected chi connectivity index (χ1v) is 6.16. The highest BCUT2D eigenvalue weighted by Crippen LogP contribution is 2.22. The molecule has 0 aliphatic carbocycles. The first kappa shape index (κ1) is 11.9. The van der Waals surface area contributed by atoms with Crippen LogP contribution < -0.4 is 5.32 Å². The molecule has 0 amide bonds. The lowest BCUT2D eigenvalue weighted by Crippen LogP contribution is -2.21. The number of aryl methyl sites for hydroxylation is 1. The Morgan fingerprint density at radius 3 is 2.29 bits per heavy atom. The highest BCUT2D eigenvalue weighted by Gasteiger charge is 2.11. The number of rotatable bonds is 4. The second-order valence-corrected chi connectivity index (χ2v) is 4.32. The number of nitrogens with one attached hydrogen (secondary N) is 1. The lowest BCUT2D eigenvalue weighted by molar-refractivity contribution is 0.630. The monoisotopic (exact) mass is 225 g/mol. The first-order chi connectivity index (χ1) is 8.31. The van der Waals surface area contributed by atoms with Gasteiger partial charge in [0.2, 0.25) is 0 Å². The van der Waals surface area contributed by atoms with Crippen molar-refractivity contribution in [1.82, 2.24) is 5.32 Å². The van der Waals surface area contributed by atoms with Crippen LogP contribution in [0.1, 0.15) is 29.7 Å². The van der Waals surface area contributed by atoms with Gasteiger partial charge in [0.15, 0.2) is 0 Å². The third kappa shape index (κ3) is 2.95. The van der Waals surface area contributed by atoms with Crippen molar-refractivity contribution in [2.24, 2.45) is 0 Å². The summed E-state index contributed by atoms with van der Waals surface area (Å²) in [5.41, 5.74) is 3.96. The van der Waals surface area contributed by atoms with Gasteiger partial charge >= 0.3 is 0 Å². The fourth-order valence-corrected chi connectivity index (χ4v) is 2.13. The largest absolute Gasteiger partial charge is 0.307 e. The van der Waals surface area contributed by atoms with Gasteiger partial charge in [0.1, 0.15) is 0 Å². The minimum Gasteiger partial charge on any atom is -0.307 e. The Bertz CT molecular complexity index is 462. The summed E-state index contributed by atoms with van der Waals surface area (Å²) in [5, 5.41) is 3.54. The smallest absolute Gasteiger partial charge is 0.0576 e. The standard InChI is InChI=1S/C16H19N/c1-3-17-16(14-9-5-4-6-10-14)15-11-7-8-13(2)12-15/h4-12,16-17H,3H2,1-2H3. The van der Waals surface area contributed by atoms with E-state index in [-0.39, 0.29) is 0 Å². The van der Waals surface area contributed by atoms with Crippen molar-refractivity contribution >= 4 is 0 Å². The molecule has 2 aromatic carbocycles. The molecule has 17 heavy (non-hydrogen) atoms. The zero-order valence-corrected chi connectivity index (χ0v) is 10.5. The van der Waals surface area contributed by atoms with Crippen LogP contribution in [0.5, 0.6) is 0 Å². The van der Waals surface area contributed by atoms with Crippen molar-refractivity contribution in [2.75, 3.05) is 6.54 Å². The molecule has 1 heteroatoms. The topological polar surface area (TPSA) is 12.0 Å². The fraction of sp³-hybridized carbons (Fsp3) is 0.250. The van der Waals surface area contributed by atoms with Gasteiger partial charge in [-0.05, 0) is 24.6 Å². The molecule has 0 saturated carbocycles. The van der Waals surface area contributed by atoms with Crippen LogP contribution in [0.25, 0.3) is 0 Å². The third-order valence-electron chi connectivity index (χ3n) is 2.92. The predicted molar refractivity (Wildman–Crippen MR) is 73.1 cm³/mol. The van der Waals surface area contributed by atoms with Gasteiger partial charge in [-0.2, -0.15) is 0 Å². The highest BCUT2D eigenvalue weighted by atomic mass is 14.9. The molecule has 0 saturated heterocycles. The van der Waals surface area contributed by atoms with Crippen molar-refractivity contribution < 1.29 is 0 Å². The van der Waals surface area contributed by atoms with Gasteiger partial charge in [-0.1, -0.05) is 67.1 Å². The predicted octanol–water partition coefficient (Wildman–Crippen LogP) is 3.69. The molecule has 0 spiro atoms. The number of hydrogen-bond donors (Lipinski definition) is 1. The quantitative estimate of drug-likeness (QED) is 0.836. The van der Waals surface area contributed by atoms with Gasteiger partial charge in [-0.3, -0.25) is 0 Å². The van der Waals surface area contributed by atoms with Crippen LogP contribution >= 0.6 is 0 Å². The second kappa shape index (κ2) is 5.65. The maximum Gasteiger partial charge on any atom is 0.0576 e.